The molecule has 1 saturated heterocycles. The third kappa shape index (κ3) is 5.42. The van der Waals surface area contributed by atoms with Crippen LogP contribution in [-0.2, 0) is 11.2 Å². The number of nitrogens with zero attached hydrogens (tertiary/aromatic N) is 3. The van der Waals surface area contributed by atoms with Crippen LogP contribution in [0, 0.1) is 6.92 Å². The first-order valence-electron chi connectivity index (χ1n) is 11.2. The molecule has 33 heavy (non-hydrogen) atoms. The van der Waals surface area contributed by atoms with Crippen molar-refractivity contribution >= 4 is 22.7 Å². The van der Waals surface area contributed by atoms with E-state index in [1.807, 2.05) is 43.0 Å². The molecule has 0 saturated carbocycles. The van der Waals surface area contributed by atoms with Crippen molar-refractivity contribution in [3.63, 3.8) is 0 Å². The van der Waals surface area contributed by atoms with Crippen molar-refractivity contribution in [1.29, 1.82) is 0 Å². The first-order chi connectivity index (χ1) is 15.9. The van der Waals surface area contributed by atoms with Gasteiger partial charge in [-0.05, 0) is 55.2 Å². The van der Waals surface area contributed by atoms with Crippen molar-refractivity contribution in [3.05, 3.63) is 76.3 Å². The smallest absolute Gasteiger partial charge is 0.336 e. The number of carbonyl (C=O) groups is 1. The Morgan fingerprint density at radius 1 is 1.18 bits per heavy atom. The number of benzene rings is 1. The Bertz CT molecular complexity index is 1210. The third-order valence-corrected chi connectivity index (χ3v) is 5.82. The van der Waals surface area contributed by atoms with Gasteiger partial charge in [0, 0.05) is 56.3 Å². The Kier molecular flexibility index (Phi) is 6.77. The van der Waals surface area contributed by atoms with E-state index in [1.165, 1.54) is 6.07 Å². The molecule has 2 aromatic heterocycles. The molecule has 1 aliphatic rings. The molecule has 0 spiro atoms. The monoisotopic (exact) mass is 447 g/mol. The van der Waals surface area contributed by atoms with Crippen LogP contribution in [0.25, 0.3) is 11.0 Å². The highest BCUT2D eigenvalue weighted by Crippen LogP contribution is 2.29. The minimum Gasteiger partial charge on any atom is -0.489 e. The van der Waals surface area contributed by atoms with Crippen molar-refractivity contribution in [3.8, 4) is 5.75 Å². The summed E-state index contributed by atoms with van der Waals surface area (Å²) in [6, 6.07) is 11.1. The van der Waals surface area contributed by atoms with Gasteiger partial charge >= 0.3 is 5.63 Å². The van der Waals surface area contributed by atoms with Crippen LogP contribution in [0.3, 0.4) is 0 Å². The lowest BCUT2D eigenvalue weighted by atomic mass is 10.0. The predicted octanol–water partition coefficient (Wildman–Crippen LogP) is 3.73. The summed E-state index contributed by atoms with van der Waals surface area (Å²) in [6.07, 6.45) is 2.71. The lowest BCUT2D eigenvalue weighted by Gasteiger charge is -2.35. The molecule has 0 atom stereocenters. The van der Waals surface area contributed by atoms with Crippen LogP contribution < -0.4 is 15.3 Å². The lowest BCUT2D eigenvalue weighted by molar-refractivity contribution is -0.131. The van der Waals surface area contributed by atoms with Gasteiger partial charge in [-0.3, -0.25) is 4.79 Å². The number of aryl methyl sites for hydroxylation is 2. The number of hydrogen-bond donors (Lipinski definition) is 0. The molecule has 1 amide bonds. The molecule has 0 N–H and O–H groups in total. The second-order valence-electron chi connectivity index (χ2n) is 8.51. The maximum absolute atomic E-state index is 12.9. The van der Waals surface area contributed by atoms with E-state index in [9.17, 15) is 9.59 Å². The summed E-state index contributed by atoms with van der Waals surface area (Å²) in [5.74, 6) is 1.69. The fourth-order valence-electron chi connectivity index (χ4n) is 4.05. The standard InChI is InChI=1S/C26H29N3O4/c1-18(2)17-32-22-16-23-21(19(3)14-26(31)33-23)15-20(22)7-8-25(30)29-12-10-28(11-13-29)24-6-4-5-9-27-24/h4-6,9,14-16H,1,7-8,10-13,17H2,2-3H3. The predicted molar refractivity (Wildman–Crippen MR) is 129 cm³/mol. The van der Waals surface area contributed by atoms with Gasteiger partial charge in [0.2, 0.25) is 5.91 Å². The second kappa shape index (κ2) is 9.90. The largest absolute Gasteiger partial charge is 0.489 e. The van der Waals surface area contributed by atoms with Crippen molar-refractivity contribution in [2.24, 2.45) is 0 Å². The molecular formula is C26H29N3O4. The SMILES string of the molecule is C=C(C)COc1cc2oc(=O)cc(C)c2cc1CCC(=O)N1CCN(c2ccccn2)CC1. The van der Waals surface area contributed by atoms with Gasteiger partial charge in [0.1, 0.15) is 23.8 Å². The van der Waals surface area contributed by atoms with Crippen LogP contribution in [0.4, 0.5) is 5.82 Å². The molecule has 172 valence electrons. The van der Waals surface area contributed by atoms with E-state index >= 15 is 0 Å². The van der Waals surface area contributed by atoms with Gasteiger partial charge in [-0.15, -0.1) is 0 Å². The first kappa shape index (κ1) is 22.6. The third-order valence-electron chi connectivity index (χ3n) is 5.82. The number of carbonyl (C=O) groups excluding carboxylic acids is 1. The van der Waals surface area contributed by atoms with Crippen molar-refractivity contribution in [1.82, 2.24) is 9.88 Å². The van der Waals surface area contributed by atoms with E-state index in [2.05, 4.69) is 16.5 Å². The molecule has 3 aromatic rings. The van der Waals surface area contributed by atoms with Gasteiger partial charge in [0.25, 0.3) is 0 Å². The molecule has 1 aromatic carbocycles. The summed E-state index contributed by atoms with van der Waals surface area (Å²) in [5.41, 5.74) is 2.73. The Morgan fingerprint density at radius 2 is 1.97 bits per heavy atom. The quantitative estimate of drug-likeness (QED) is 0.406. The summed E-state index contributed by atoms with van der Waals surface area (Å²) < 4.78 is 11.3. The number of anilines is 1. The second-order valence-corrected chi connectivity index (χ2v) is 8.51. The maximum atomic E-state index is 12.9. The van der Waals surface area contributed by atoms with E-state index in [1.54, 1.807) is 12.3 Å². The number of rotatable bonds is 7. The van der Waals surface area contributed by atoms with Crippen LogP contribution in [0.15, 0.2) is 64.0 Å². The lowest BCUT2D eigenvalue weighted by Crippen LogP contribution is -2.49. The van der Waals surface area contributed by atoms with Crippen LogP contribution in [0.2, 0.25) is 0 Å². The normalized spacial score (nSPS) is 13.9. The van der Waals surface area contributed by atoms with Gasteiger partial charge in [-0.2, -0.15) is 0 Å². The Balaban J connectivity index is 1.45. The topological polar surface area (TPSA) is 75.9 Å². The van der Waals surface area contributed by atoms with Crippen molar-refractivity contribution in [2.75, 3.05) is 37.7 Å². The van der Waals surface area contributed by atoms with Crippen LogP contribution in [0.1, 0.15) is 24.5 Å². The highest BCUT2D eigenvalue weighted by atomic mass is 16.5. The Hall–Kier alpha value is -3.61. The van der Waals surface area contributed by atoms with E-state index in [0.29, 0.717) is 43.9 Å². The highest BCUT2D eigenvalue weighted by Gasteiger charge is 2.22. The number of piperazine rings is 1. The zero-order valence-electron chi connectivity index (χ0n) is 19.2. The summed E-state index contributed by atoms with van der Waals surface area (Å²) in [7, 11) is 0. The van der Waals surface area contributed by atoms with Crippen LogP contribution in [-0.4, -0.2) is 48.6 Å². The van der Waals surface area contributed by atoms with Gasteiger partial charge in [0.05, 0.1) is 0 Å². The number of hydrogen-bond acceptors (Lipinski definition) is 6. The van der Waals surface area contributed by atoms with Gasteiger partial charge in [-0.25, -0.2) is 9.78 Å². The molecule has 7 nitrogen and oxygen atoms in total. The molecule has 1 aliphatic heterocycles. The Morgan fingerprint density at radius 3 is 2.67 bits per heavy atom. The zero-order valence-corrected chi connectivity index (χ0v) is 19.2. The average molecular weight is 448 g/mol. The molecule has 3 heterocycles. The average Bonchev–Trinajstić information content (AvgIpc) is 2.81. The van der Waals surface area contributed by atoms with E-state index < -0.39 is 5.63 Å². The van der Waals surface area contributed by atoms with E-state index in [0.717, 1.165) is 41.0 Å². The van der Waals surface area contributed by atoms with Gasteiger partial charge in [-0.1, -0.05) is 12.6 Å². The minimum absolute atomic E-state index is 0.123. The zero-order chi connectivity index (χ0) is 23.4. The highest BCUT2D eigenvalue weighted by molar-refractivity contribution is 5.83. The van der Waals surface area contributed by atoms with E-state index in [4.69, 9.17) is 9.15 Å². The molecule has 1 fully saturated rings. The molecular weight excluding hydrogens is 418 g/mol. The molecule has 0 aliphatic carbocycles. The number of pyridine rings is 1. The van der Waals surface area contributed by atoms with E-state index in [-0.39, 0.29) is 5.91 Å². The maximum Gasteiger partial charge on any atom is 0.336 e. The number of aromatic nitrogens is 1. The molecule has 0 radical (unpaired) electrons. The fraction of sp³-hybridized carbons (Fsp3) is 0.346. The summed E-state index contributed by atoms with van der Waals surface area (Å²) >= 11 is 0. The summed E-state index contributed by atoms with van der Waals surface area (Å²) in [6.45, 7) is 10.9. The molecule has 0 unspecified atom stereocenters. The van der Waals surface area contributed by atoms with Gasteiger partial charge < -0.3 is 19.0 Å². The first-order valence-corrected chi connectivity index (χ1v) is 11.2. The number of amides is 1. The fourth-order valence-corrected chi connectivity index (χ4v) is 4.05. The van der Waals surface area contributed by atoms with Crippen molar-refractivity contribution in [2.45, 2.75) is 26.7 Å². The van der Waals surface area contributed by atoms with Crippen LogP contribution >= 0.6 is 0 Å². The summed E-state index contributed by atoms with van der Waals surface area (Å²) in [5, 5.41) is 0.851. The molecule has 4 rings (SSSR count). The minimum atomic E-state index is -0.390. The van der Waals surface area contributed by atoms with Gasteiger partial charge in [0.15, 0.2) is 0 Å². The molecule has 7 heteroatoms. The van der Waals surface area contributed by atoms with Crippen LogP contribution in [0.5, 0.6) is 5.75 Å². The number of ether oxygens (including phenoxy) is 1. The number of fused-ring (bicyclic) bond motifs is 1. The molecule has 0 bridgehead atoms. The summed E-state index contributed by atoms with van der Waals surface area (Å²) in [4.78, 5) is 33.3. The Labute approximate surface area is 193 Å². The van der Waals surface area contributed by atoms with Crippen molar-refractivity contribution < 1.29 is 13.9 Å².